The Morgan fingerprint density at radius 1 is 1.05 bits per heavy atom. The van der Waals surface area contributed by atoms with Crippen molar-refractivity contribution in [1.82, 2.24) is 4.57 Å². The fourth-order valence-electron chi connectivity index (χ4n) is 2.93. The van der Waals surface area contributed by atoms with E-state index in [0.29, 0.717) is 0 Å². The van der Waals surface area contributed by atoms with E-state index in [1.165, 1.54) is 0 Å². The van der Waals surface area contributed by atoms with Crippen LogP contribution < -0.4 is 4.74 Å². The summed E-state index contributed by atoms with van der Waals surface area (Å²) in [5.41, 5.74) is 3.92. The van der Waals surface area contributed by atoms with E-state index in [1.54, 1.807) is 7.11 Å². The average molecular weight is 290 g/mol. The monoisotopic (exact) mass is 290 g/mol. The lowest BCUT2D eigenvalue weighted by Crippen LogP contribution is -2.03. The van der Waals surface area contributed by atoms with Crippen LogP contribution >= 0.6 is 0 Å². The van der Waals surface area contributed by atoms with Crippen LogP contribution in [0.15, 0.2) is 48.5 Å². The molecule has 0 amide bonds. The Bertz CT molecular complexity index is 852. The number of hydrogen-bond donors (Lipinski definition) is 0. The number of para-hydroxylation sites is 1. The van der Waals surface area contributed by atoms with Gasteiger partial charge in [-0.3, -0.25) is 0 Å². The molecule has 0 radical (unpaired) electrons. The van der Waals surface area contributed by atoms with Gasteiger partial charge in [0.2, 0.25) is 0 Å². The minimum absolute atomic E-state index is 0.254. The summed E-state index contributed by atoms with van der Waals surface area (Å²) in [6, 6.07) is 18.4. The van der Waals surface area contributed by atoms with Gasteiger partial charge in [0.1, 0.15) is 11.8 Å². The first kappa shape index (κ1) is 14.2. The number of nitrogens with zero attached hydrogens (tertiary/aromatic N) is 2. The molecule has 1 heterocycles. The van der Waals surface area contributed by atoms with E-state index in [2.05, 4.69) is 30.6 Å². The normalized spacial score (nSPS) is 10.9. The minimum atomic E-state index is 0.254. The molecule has 1 aromatic heterocycles. The molecule has 2 aromatic carbocycles. The molecular formula is C19H18N2O. The zero-order chi connectivity index (χ0) is 15.7. The number of aromatic nitrogens is 1. The Hall–Kier alpha value is -2.73. The van der Waals surface area contributed by atoms with E-state index in [0.717, 1.165) is 33.6 Å². The van der Waals surface area contributed by atoms with Crippen LogP contribution in [0, 0.1) is 11.3 Å². The predicted molar refractivity (Wildman–Crippen MR) is 88.6 cm³/mol. The average Bonchev–Trinajstić information content (AvgIpc) is 2.89. The minimum Gasteiger partial charge on any atom is -0.497 e. The van der Waals surface area contributed by atoms with E-state index in [1.807, 2.05) is 42.5 Å². The second-order valence-electron chi connectivity index (χ2n) is 5.58. The highest BCUT2D eigenvalue weighted by atomic mass is 16.5. The van der Waals surface area contributed by atoms with Gasteiger partial charge in [-0.2, -0.15) is 5.26 Å². The molecule has 0 N–H and O–H groups in total. The maximum atomic E-state index is 9.62. The van der Waals surface area contributed by atoms with Crippen molar-refractivity contribution in [2.75, 3.05) is 7.11 Å². The van der Waals surface area contributed by atoms with Crippen molar-refractivity contribution in [1.29, 1.82) is 5.26 Å². The fraction of sp³-hybridized carbons (Fsp3) is 0.211. The highest BCUT2D eigenvalue weighted by molar-refractivity contribution is 5.90. The van der Waals surface area contributed by atoms with Crippen LogP contribution in [0.3, 0.4) is 0 Å². The summed E-state index contributed by atoms with van der Waals surface area (Å²) >= 11 is 0. The van der Waals surface area contributed by atoms with Crippen molar-refractivity contribution in [3.05, 3.63) is 59.8 Å². The van der Waals surface area contributed by atoms with Gasteiger partial charge in [0.25, 0.3) is 0 Å². The molecule has 0 bridgehead atoms. The van der Waals surface area contributed by atoms with Gasteiger partial charge in [-0.1, -0.05) is 32.0 Å². The van der Waals surface area contributed by atoms with Gasteiger partial charge in [-0.15, -0.1) is 0 Å². The largest absolute Gasteiger partial charge is 0.497 e. The Morgan fingerprint density at radius 3 is 2.32 bits per heavy atom. The van der Waals surface area contributed by atoms with Gasteiger partial charge >= 0.3 is 0 Å². The maximum absolute atomic E-state index is 9.62. The van der Waals surface area contributed by atoms with E-state index < -0.39 is 0 Å². The summed E-state index contributed by atoms with van der Waals surface area (Å²) < 4.78 is 7.41. The third kappa shape index (κ3) is 2.14. The molecule has 22 heavy (non-hydrogen) atoms. The number of methoxy groups -OCH3 is 1. The smallest absolute Gasteiger partial charge is 0.119 e. The summed E-state index contributed by atoms with van der Waals surface area (Å²) in [7, 11) is 1.66. The van der Waals surface area contributed by atoms with E-state index >= 15 is 0 Å². The first-order valence-electron chi connectivity index (χ1n) is 7.35. The summed E-state index contributed by atoms with van der Waals surface area (Å²) in [6.07, 6.45) is 0. The third-order valence-corrected chi connectivity index (χ3v) is 3.90. The van der Waals surface area contributed by atoms with Crippen LogP contribution in [0.25, 0.3) is 16.6 Å². The second kappa shape index (κ2) is 5.57. The number of rotatable bonds is 3. The van der Waals surface area contributed by atoms with Gasteiger partial charge in [0.15, 0.2) is 0 Å². The SMILES string of the molecule is COc1ccc(-n2c(C(C)C)c(C#N)c3ccccc32)cc1. The molecule has 3 heteroatoms. The topological polar surface area (TPSA) is 38.0 Å². The molecule has 0 aliphatic carbocycles. The lowest BCUT2D eigenvalue weighted by Gasteiger charge is -2.14. The lowest BCUT2D eigenvalue weighted by atomic mass is 10.0. The quantitative estimate of drug-likeness (QED) is 0.705. The standard InChI is InChI=1S/C19H18N2O/c1-13(2)19-17(12-20)16-6-4-5-7-18(16)21(19)14-8-10-15(22-3)11-9-14/h4-11,13H,1-3H3. The summed E-state index contributed by atoms with van der Waals surface area (Å²) in [5, 5.41) is 10.6. The summed E-state index contributed by atoms with van der Waals surface area (Å²) in [4.78, 5) is 0. The molecule has 3 rings (SSSR count). The Balaban J connectivity index is 2.36. The molecule has 0 aliphatic rings. The Kier molecular flexibility index (Phi) is 3.60. The van der Waals surface area contributed by atoms with Crippen LogP contribution in [0.4, 0.5) is 0 Å². The molecule has 110 valence electrons. The van der Waals surface area contributed by atoms with Crippen molar-refractivity contribution < 1.29 is 4.74 Å². The molecule has 0 saturated heterocycles. The third-order valence-electron chi connectivity index (χ3n) is 3.90. The van der Waals surface area contributed by atoms with Crippen LogP contribution in [-0.2, 0) is 0 Å². The van der Waals surface area contributed by atoms with Gasteiger partial charge in [-0.25, -0.2) is 0 Å². The number of benzene rings is 2. The molecule has 3 aromatic rings. The van der Waals surface area contributed by atoms with Gasteiger partial charge in [-0.05, 0) is 36.2 Å². The molecule has 0 fully saturated rings. The van der Waals surface area contributed by atoms with Crippen molar-refractivity contribution in [2.24, 2.45) is 0 Å². The molecule has 0 saturated carbocycles. The van der Waals surface area contributed by atoms with Crippen LogP contribution in [-0.4, -0.2) is 11.7 Å². The highest BCUT2D eigenvalue weighted by Crippen LogP contribution is 2.33. The summed E-state index contributed by atoms with van der Waals surface area (Å²) in [6.45, 7) is 4.24. The fourth-order valence-corrected chi connectivity index (χ4v) is 2.93. The molecule has 0 spiro atoms. The molecular weight excluding hydrogens is 272 g/mol. The molecule has 0 atom stereocenters. The molecule has 3 nitrogen and oxygen atoms in total. The molecule has 0 unspecified atom stereocenters. The van der Waals surface area contributed by atoms with E-state index in [9.17, 15) is 5.26 Å². The molecule has 0 aliphatic heterocycles. The Labute approximate surface area is 130 Å². The van der Waals surface area contributed by atoms with E-state index in [4.69, 9.17) is 4.74 Å². The predicted octanol–water partition coefficient (Wildman–Crippen LogP) is 4.63. The van der Waals surface area contributed by atoms with Crippen LogP contribution in [0.1, 0.15) is 31.0 Å². The number of nitriles is 1. The van der Waals surface area contributed by atoms with Crippen molar-refractivity contribution in [3.63, 3.8) is 0 Å². The first-order valence-corrected chi connectivity index (χ1v) is 7.35. The maximum Gasteiger partial charge on any atom is 0.119 e. The van der Waals surface area contributed by atoms with Crippen LogP contribution in [0.5, 0.6) is 5.75 Å². The number of fused-ring (bicyclic) bond motifs is 1. The summed E-state index contributed by atoms with van der Waals surface area (Å²) in [5.74, 6) is 1.08. The zero-order valence-corrected chi connectivity index (χ0v) is 13.0. The second-order valence-corrected chi connectivity index (χ2v) is 5.58. The van der Waals surface area contributed by atoms with Crippen molar-refractivity contribution >= 4 is 10.9 Å². The van der Waals surface area contributed by atoms with E-state index in [-0.39, 0.29) is 5.92 Å². The lowest BCUT2D eigenvalue weighted by molar-refractivity contribution is 0.414. The number of hydrogen-bond acceptors (Lipinski definition) is 2. The van der Waals surface area contributed by atoms with Crippen molar-refractivity contribution in [3.8, 4) is 17.5 Å². The Morgan fingerprint density at radius 2 is 1.73 bits per heavy atom. The van der Waals surface area contributed by atoms with Gasteiger partial charge in [0.05, 0.1) is 18.2 Å². The first-order chi connectivity index (χ1) is 10.7. The van der Waals surface area contributed by atoms with Crippen molar-refractivity contribution in [2.45, 2.75) is 19.8 Å². The highest BCUT2D eigenvalue weighted by Gasteiger charge is 2.20. The van der Waals surface area contributed by atoms with Gasteiger partial charge < -0.3 is 9.30 Å². The van der Waals surface area contributed by atoms with Crippen LogP contribution in [0.2, 0.25) is 0 Å². The van der Waals surface area contributed by atoms with Gasteiger partial charge in [0, 0.05) is 16.8 Å². The zero-order valence-electron chi connectivity index (χ0n) is 13.0. The number of ether oxygens (including phenoxy) is 1.